The highest BCUT2D eigenvalue weighted by Gasteiger charge is 2.11. The van der Waals surface area contributed by atoms with Gasteiger partial charge in [-0.15, -0.1) is 10.2 Å². The highest BCUT2D eigenvalue weighted by atomic mass is 32.5. The molecule has 0 aliphatic carbocycles. The molecule has 1 aromatic rings. The molecule has 1 aromatic heterocycles. The molecule has 16 heavy (non-hydrogen) atoms. The summed E-state index contributed by atoms with van der Waals surface area (Å²) in [6, 6.07) is 2.94. The molecule has 0 aliphatic rings. The van der Waals surface area contributed by atoms with Crippen LogP contribution < -0.4 is 9.26 Å². The lowest BCUT2D eigenvalue weighted by molar-refractivity contribution is 0.257. The maximum atomic E-state index is 8.88. The summed E-state index contributed by atoms with van der Waals surface area (Å²) in [7, 11) is 0. The van der Waals surface area contributed by atoms with Crippen LogP contribution in [0, 0.1) is 5.92 Å². The fourth-order valence-electron chi connectivity index (χ4n) is 0.807. The molecule has 0 fully saturated rings. The van der Waals surface area contributed by atoms with E-state index in [9.17, 15) is 0 Å². The number of rotatable bonds is 5. The standard InChI is InChI=1S/C8H13N2O4PS/c1-6(2)5-13-7-3-4-8(10-9-7)14-15(11,12)16/h3-4,6H,5H2,1-2H3,(H2,11,12,16). The van der Waals surface area contributed by atoms with Crippen LogP contribution in [0.15, 0.2) is 12.1 Å². The van der Waals surface area contributed by atoms with Crippen molar-refractivity contribution >= 4 is 18.5 Å². The average Bonchev–Trinajstić information content (AvgIpc) is 2.14. The Balaban J connectivity index is 2.58. The van der Waals surface area contributed by atoms with Gasteiger partial charge in [0, 0.05) is 23.9 Å². The molecular formula is C8H13N2O4PS. The van der Waals surface area contributed by atoms with Crippen LogP contribution in [-0.2, 0) is 11.8 Å². The Morgan fingerprint density at radius 1 is 1.31 bits per heavy atom. The van der Waals surface area contributed by atoms with Gasteiger partial charge in [-0.25, -0.2) is 0 Å². The van der Waals surface area contributed by atoms with Crippen molar-refractivity contribution in [1.29, 1.82) is 0 Å². The summed E-state index contributed by atoms with van der Waals surface area (Å²) in [6.07, 6.45) is 0. The molecule has 90 valence electrons. The van der Waals surface area contributed by atoms with E-state index < -0.39 is 6.72 Å². The predicted molar refractivity (Wildman–Crippen MR) is 61.7 cm³/mol. The van der Waals surface area contributed by atoms with E-state index in [1.165, 1.54) is 12.1 Å². The Hall–Kier alpha value is -0.750. The third-order valence-corrected chi connectivity index (χ3v) is 2.04. The quantitative estimate of drug-likeness (QED) is 0.770. The van der Waals surface area contributed by atoms with E-state index in [0.717, 1.165) is 0 Å². The fraction of sp³-hybridized carbons (Fsp3) is 0.500. The zero-order valence-electron chi connectivity index (χ0n) is 8.90. The van der Waals surface area contributed by atoms with Crippen LogP contribution in [0.25, 0.3) is 0 Å². The van der Waals surface area contributed by atoms with Gasteiger partial charge in [-0.1, -0.05) is 13.8 Å². The normalized spacial score (nSPS) is 11.6. The summed E-state index contributed by atoms with van der Waals surface area (Å²) in [4.78, 5) is 17.8. The molecule has 0 spiro atoms. The van der Waals surface area contributed by atoms with Gasteiger partial charge >= 0.3 is 6.72 Å². The topological polar surface area (TPSA) is 84.7 Å². The van der Waals surface area contributed by atoms with Gasteiger partial charge in [0.2, 0.25) is 11.8 Å². The van der Waals surface area contributed by atoms with E-state index >= 15 is 0 Å². The molecule has 0 saturated carbocycles. The van der Waals surface area contributed by atoms with E-state index in [-0.39, 0.29) is 5.88 Å². The Labute approximate surface area is 98.5 Å². The Morgan fingerprint density at radius 2 is 1.88 bits per heavy atom. The van der Waals surface area contributed by atoms with Crippen LogP contribution in [0.4, 0.5) is 0 Å². The summed E-state index contributed by atoms with van der Waals surface area (Å²) >= 11 is 4.29. The summed E-state index contributed by atoms with van der Waals surface area (Å²) in [5, 5.41) is 7.27. The first kappa shape index (κ1) is 13.3. The van der Waals surface area contributed by atoms with Crippen LogP contribution in [0.2, 0.25) is 0 Å². The second-order valence-electron chi connectivity index (χ2n) is 3.50. The first-order valence-electron chi connectivity index (χ1n) is 4.58. The lowest BCUT2D eigenvalue weighted by Gasteiger charge is -2.09. The summed E-state index contributed by atoms with van der Waals surface area (Å²) < 4.78 is 9.87. The zero-order chi connectivity index (χ0) is 12.2. The van der Waals surface area contributed by atoms with Gasteiger partial charge in [0.05, 0.1) is 6.61 Å². The molecule has 6 nitrogen and oxygen atoms in total. The van der Waals surface area contributed by atoms with Crippen LogP contribution in [-0.4, -0.2) is 26.6 Å². The highest BCUT2D eigenvalue weighted by molar-refractivity contribution is 8.06. The van der Waals surface area contributed by atoms with Crippen molar-refractivity contribution in [3.8, 4) is 11.8 Å². The molecule has 0 aliphatic heterocycles. The monoisotopic (exact) mass is 264 g/mol. The van der Waals surface area contributed by atoms with Gasteiger partial charge in [0.1, 0.15) is 0 Å². The molecule has 0 aromatic carbocycles. The second-order valence-corrected chi connectivity index (χ2v) is 6.09. The largest absolute Gasteiger partial charge is 0.476 e. The van der Waals surface area contributed by atoms with Crippen molar-refractivity contribution in [2.24, 2.45) is 5.92 Å². The third kappa shape index (κ3) is 5.37. The van der Waals surface area contributed by atoms with Crippen molar-refractivity contribution in [1.82, 2.24) is 10.2 Å². The van der Waals surface area contributed by atoms with Crippen LogP contribution >= 0.6 is 6.72 Å². The van der Waals surface area contributed by atoms with E-state index in [1.54, 1.807) is 0 Å². The first-order chi connectivity index (χ1) is 7.37. The van der Waals surface area contributed by atoms with Crippen molar-refractivity contribution < 1.29 is 19.0 Å². The zero-order valence-corrected chi connectivity index (χ0v) is 10.6. The van der Waals surface area contributed by atoms with Crippen LogP contribution in [0.3, 0.4) is 0 Å². The highest BCUT2D eigenvalue weighted by Crippen LogP contribution is 2.36. The third-order valence-electron chi connectivity index (χ3n) is 1.39. The fourth-order valence-corrected chi connectivity index (χ4v) is 1.38. The first-order valence-corrected chi connectivity index (χ1v) is 7.21. The van der Waals surface area contributed by atoms with E-state index in [2.05, 4.69) is 26.5 Å². The lowest BCUT2D eigenvalue weighted by atomic mass is 10.2. The molecule has 1 heterocycles. The minimum absolute atomic E-state index is 0.0368. The molecule has 0 radical (unpaired) electrons. The molecule has 0 unspecified atom stereocenters. The van der Waals surface area contributed by atoms with Gasteiger partial charge < -0.3 is 19.0 Å². The lowest BCUT2D eigenvalue weighted by Crippen LogP contribution is -2.06. The summed E-state index contributed by atoms with van der Waals surface area (Å²) in [6.45, 7) is 0.816. The van der Waals surface area contributed by atoms with Crippen LogP contribution in [0.5, 0.6) is 11.8 Å². The smallest absolute Gasteiger partial charge is 0.376 e. The minimum Gasteiger partial charge on any atom is -0.476 e. The number of aromatic nitrogens is 2. The SMILES string of the molecule is CC(C)COc1ccc(OP(O)(O)=S)nn1. The maximum absolute atomic E-state index is 8.88. The van der Waals surface area contributed by atoms with Gasteiger partial charge in [-0.2, -0.15) is 0 Å². The summed E-state index contributed by atoms with van der Waals surface area (Å²) in [5.41, 5.74) is 0. The van der Waals surface area contributed by atoms with Crippen molar-refractivity contribution in [3.05, 3.63) is 12.1 Å². The number of ether oxygens (including phenoxy) is 1. The molecule has 0 amide bonds. The molecule has 0 atom stereocenters. The van der Waals surface area contributed by atoms with E-state index in [1.807, 2.05) is 13.8 Å². The number of nitrogens with zero attached hydrogens (tertiary/aromatic N) is 2. The Kier molecular flexibility index (Phi) is 4.61. The van der Waals surface area contributed by atoms with E-state index in [0.29, 0.717) is 18.4 Å². The van der Waals surface area contributed by atoms with Gasteiger partial charge in [0.25, 0.3) is 0 Å². The van der Waals surface area contributed by atoms with Gasteiger partial charge in [-0.05, 0) is 5.92 Å². The van der Waals surface area contributed by atoms with Crippen LogP contribution in [0.1, 0.15) is 13.8 Å². The molecule has 0 bridgehead atoms. The molecule has 1 rings (SSSR count). The maximum Gasteiger partial charge on any atom is 0.376 e. The molecule has 8 heteroatoms. The molecule has 0 saturated heterocycles. The van der Waals surface area contributed by atoms with Crippen molar-refractivity contribution in [3.63, 3.8) is 0 Å². The van der Waals surface area contributed by atoms with Gasteiger partial charge in [0.15, 0.2) is 0 Å². The van der Waals surface area contributed by atoms with E-state index in [4.69, 9.17) is 14.5 Å². The summed E-state index contributed by atoms with van der Waals surface area (Å²) in [5.74, 6) is 0.703. The van der Waals surface area contributed by atoms with Gasteiger partial charge in [-0.3, -0.25) is 0 Å². The van der Waals surface area contributed by atoms with Crippen molar-refractivity contribution in [2.75, 3.05) is 6.61 Å². The number of hydrogen-bond donors (Lipinski definition) is 2. The minimum atomic E-state index is -3.74. The molecule has 2 N–H and O–H groups in total. The van der Waals surface area contributed by atoms with Crippen molar-refractivity contribution in [2.45, 2.75) is 13.8 Å². The Morgan fingerprint density at radius 3 is 2.31 bits per heavy atom. The number of hydrogen-bond acceptors (Lipinski definition) is 5. The molecular weight excluding hydrogens is 251 g/mol. The second kappa shape index (κ2) is 5.54. The predicted octanol–water partition coefficient (Wildman–Crippen LogP) is 1.10. The Bertz CT molecular complexity index is 378. The average molecular weight is 264 g/mol.